The molecule has 3 aromatic carbocycles. The van der Waals surface area contributed by atoms with Crippen molar-refractivity contribution in [2.24, 2.45) is 0 Å². The van der Waals surface area contributed by atoms with Crippen LogP contribution in [0.15, 0.2) is 66.7 Å². The van der Waals surface area contributed by atoms with E-state index < -0.39 is 0 Å². The molecular weight excluding hydrogens is 278 g/mol. The molecular formula is C22H21N. The molecule has 0 saturated heterocycles. The smallest absolute Gasteiger partial charge is 0.0366 e. The third-order valence-electron chi connectivity index (χ3n) is 4.13. The Balaban J connectivity index is 1.89. The lowest BCUT2D eigenvalue weighted by atomic mass is 10.0. The van der Waals surface area contributed by atoms with Crippen LogP contribution in [0, 0.1) is 11.8 Å². The van der Waals surface area contributed by atoms with Crippen molar-refractivity contribution in [3.8, 4) is 11.8 Å². The van der Waals surface area contributed by atoms with E-state index in [1.165, 1.54) is 16.5 Å². The molecule has 23 heavy (non-hydrogen) atoms. The fraction of sp³-hybridized carbons (Fsp3) is 0.182. The number of rotatable bonds is 3. The van der Waals surface area contributed by atoms with Crippen LogP contribution in [-0.2, 0) is 0 Å². The molecule has 0 radical (unpaired) electrons. The largest absolute Gasteiger partial charge is 0.372 e. The predicted octanol–water partition coefficient (Wildman–Crippen LogP) is 5.09. The molecule has 0 bridgehead atoms. The number of anilines is 1. The minimum atomic E-state index is 1.03. The normalized spacial score (nSPS) is 10.2. The first-order valence-electron chi connectivity index (χ1n) is 8.16. The number of fused-ring (bicyclic) bond motifs is 1. The summed E-state index contributed by atoms with van der Waals surface area (Å²) in [5.74, 6) is 6.60. The van der Waals surface area contributed by atoms with Crippen LogP contribution in [0.25, 0.3) is 10.8 Å². The lowest BCUT2D eigenvalue weighted by Crippen LogP contribution is -2.21. The van der Waals surface area contributed by atoms with E-state index in [1.54, 1.807) is 0 Å². The highest BCUT2D eigenvalue weighted by atomic mass is 15.1. The zero-order valence-corrected chi connectivity index (χ0v) is 13.7. The van der Waals surface area contributed by atoms with Crippen molar-refractivity contribution < 1.29 is 0 Å². The van der Waals surface area contributed by atoms with E-state index >= 15 is 0 Å². The quantitative estimate of drug-likeness (QED) is 0.609. The van der Waals surface area contributed by atoms with Gasteiger partial charge in [-0.05, 0) is 55.0 Å². The molecule has 0 aliphatic rings. The lowest BCUT2D eigenvalue weighted by Gasteiger charge is -2.20. The van der Waals surface area contributed by atoms with Crippen molar-refractivity contribution in [2.75, 3.05) is 18.0 Å². The molecule has 0 aliphatic heterocycles. The highest BCUT2D eigenvalue weighted by Gasteiger charge is 2.00. The highest BCUT2D eigenvalue weighted by Crippen LogP contribution is 2.18. The van der Waals surface area contributed by atoms with E-state index in [4.69, 9.17) is 0 Å². The van der Waals surface area contributed by atoms with E-state index in [0.717, 1.165) is 24.2 Å². The van der Waals surface area contributed by atoms with Crippen LogP contribution in [-0.4, -0.2) is 13.1 Å². The van der Waals surface area contributed by atoms with Gasteiger partial charge in [-0.15, -0.1) is 0 Å². The zero-order chi connectivity index (χ0) is 16.1. The first-order valence-corrected chi connectivity index (χ1v) is 8.16. The van der Waals surface area contributed by atoms with Gasteiger partial charge in [-0.1, -0.05) is 48.2 Å². The summed E-state index contributed by atoms with van der Waals surface area (Å²) in [5.41, 5.74) is 3.38. The topological polar surface area (TPSA) is 3.24 Å². The van der Waals surface area contributed by atoms with Gasteiger partial charge in [-0.25, -0.2) is 0 Å². The molecule has 0 atom stereocenters. The molecule has 0 heterocycles. The van der Waals surface area contributed by atoms with Crippen LogP contribution in [0.5, 0.6) is 0 Å². The second-order valence-corrected chi connectivity index (χ2v) is 5.50. The van der Waals surface area contributed by atoms with Crippen LogP contribution in [0.1, 0.15) is 25.0 Å². The predicted molar refractivity (Wildman–Crippen MR) is 99.9 cm³/mol. The molecule has 0 saturated carbocycles. The van der Waals surface area contributed by atoms with E-state index in [1.807, 2.05) is 0 Å². The third-order valence-corrected chi connectivity index (χ3v) is 4.13. The summed E-state index contributed by atoms with van der Waals surface area (Å²) in [5, 5.41) is 2.44. The van der Waals surface area contributed by atoms with E-state index in [0.29, 0.717) is 0 Å². The molecule has 3 aromatic rings. The van der Waals surface area contributed by atoms with Crippen molar-refractivity contribution in [3.05, 3.63) is 77.9 Å². The Kier molecular flexibility index (Phi) is 4.64. The van der Waals surface area contributed by atoms with Crippen molar-refractivity contribution in [3.63, 3.8) is 0 Å². The van der Waals surface area contributed by atoms with E-state index in [9.17, 15) is 0 Å². The van der Waals surface area contributed by atoms with Crippen molar-refractivity contribution in [1.29, 1.82) is 0 Å². The molecule has 0 fully saturated rings. The summed E-state index contributed by atoms with van der Waals surface area (Å²) in [4.78, 5) is 2.34. The molecule has 1 nitrogen and oxygen atoms in total. The van der Waals surface area contributed by atoms with Crippen LogP contribution in [0.2, 0.25) is 0 Å². The first-order chi connectivity index (χ1) is 11.3. The Morgan fingerprint density at radius 3 is 2.17 bits per heavy atom. The van der Waals surface area contributed by atoms with Crippen LogP contribution in [0.4, 0.5) is 5.69 Å². The molecule has 0 amide bonds. The summed E-state index contributed by atoms with van der Waals surface area (Å²) in [6.45, 7) is 6.41. The Labute approximate surface area is 138 Å². The molecule has 1 heteroatoms. The number of hydrogen-bond donors (Lipinski definition) is 0. The Hall–Kier alpha value is -2.72. The number of nitrogens with zero attached hydrogens (tertiary/aromatic N) is 1. The average Bonchev–Trinajstić information content (AvgIpc) is 2.62. The van der Waals surface area contributed by atoms with Gasteiger partial charge in [-0.3, -0.25) is 0 Å². The molecule has 0 aliphatic carbocycles. The van der Waals surface area contributed by atoms with E-state index in [2.05, 4.69) is 97.3 Å². The summed E-state index contributed by atoms with van der Waals surface area (Å²) < 4.78 is 0. The van der Waals surface area contributed by atoms with Gasteiger partial charge in [0.15, 0.2) is 0 Å². The fourth-order valence-corrected chi connectivity index (χ4v) is 2.82. The standard InChI is InChI=1S/C22H21N/c1-3-23(4-2)21-16-13-18(14-17-21)12-15-20-10-7-9-19-8-5-6-11-22(19)20/h5-11,13-14,16-17H,3-4H2,1-2H3. The SMILES string of the molecule is CCN(CC)c1ccc(C#Cc2cccc3ccccc23)cc1. The van der Waals surface area contributed by atoms with Gasteiger partial charge >= 0.3 is 0 Å². The maximum Gasteiger partial charge on any atom is 0.0366 e. The molecule has 3 rings (SSSR count). The fourth-order valence-electron chi connectivity index (χ4n) is 2.82. The van der Waals surface area contributed by atoms with Gasteiger partial charge in [0, 0.05) is 29.9 Å². The Bertz CT molecular complexity index is 841. The number of hydrogen-bond acceptors (Lipinski definition) is 1. The van der Waals surface area contributed by atoms with Crippen molar-refractivity contribution in [1.82, 2.24) is 0 Å². The Morgan fingerprint density at radius 1 is 0.739 bits per heavy atom. The maximum absolute atomic E-state index is 3.32. The molecule has 0 aromatic heterocycles. The van der Waals surface area contributed by atoms with Gasteiger partial charge in [0.2, 0.25) is 0 Å². The van der Waals surface area contributed by atoms with Crippen molar-refractivity contribution >= 4 is 16.5 Å². The van der Waals surface area contributed by atoms with Crippen molar-refractivity contribution in [2.45, 2.75) is 13.8 Å². The summed E-state index contributed by atoms with van der Waals surface area (Å²) in [7, 11) is 0. The molecule has 0 N–H and O–H groups in total. The second-order valence-electron chi connectivity index (χ2n) is 5.50. The number of benzene rings is 3. The van der Waals surface area contributed by atoms with Crippen LogP contribution >= 0.6 is 0 Å². The minimum absolute atomic E-state index is 1.03. The van der Waals surface area contributed by atoms with Gasteiger partial charge in [0.05, 0.1) is 0 Å². The summed E-state index contributed by atoms with van der Waals surface area (Å²) in [6.07, 6.45) is 0. The van der Waals surface area contributed by atoms with Gasteiger partial charge in [0.1, 0.15) is 0 Å². The first kappa shape index (κ1) is 15.2. The van der Waals surface area contributed by atoms with E-state index in [-0.39, 0.29) is 0 Å². The summed E-state index contributed by atoms with van der Waals surface area (Å²) >= 11 is 0. The second kappa shape index (κ2) is 7.03. The average molecular weight is 299 g/mol. The van der Waals surface area contributed by atoms with Gasteiger partial charge < -0.3 is 4.90 Å². The van der Waals surface area contributed by atoms with Gasteiger partial charge in [-0.2, -0.15) is 0 Å². The zero-order valence-electron chi connectivity index (χ0n) is 13.7. The maximum atomic E-state index is 3.32. The molecule has 0 unspecified atom stereocenters. The highest BCUT2D eigenvalue weighted by molar-refractivity contribution is 5.88. The Morgan fingerprint density at radius 2 is 1.43 bits per heavy atom. The summed E-state index contributed by atoms with van der Waals surface area (Å²) in [6, 6.07) is 23.2. The molecule has 114 valence electrons. The lowest BCUT2D eigenvalue weighted by molar-refractivity contribution is 0.866. The van der Waals surface area contributed by atoms with Gasteiger partial charge in [0.25, 0.3) is 0 Å². The van der Waals surface area contributed by atoms with Crippen LogP contribution in [0.3, 0.4) is 0 Å². The monoisotopic (exact) mass is 299 g/mol. The third kappa shape index (κ3) is 3.38. The molecule has 0 spiro atoms. The van der Waals surface area contributed by atoms with Crippen LogP contribution < -0.4 is 4.90 Å². The minimum Gasteiger partial charge on any atom is -0.372 e.